The average molecular weight is 245 g/mol. The third-order valence-corrected chi connectivity index (χ3v) is 2.63. The second-order valence-electron chi connectivity index (χ2n) is 3.83. The maximum atomic E-state index is 13.0. The van der Waals surface area contributed by atoms with Gasteiger partial charge in [0, 0.05) is 12.6 Å². The molecule has 0 atom stereocenters. The van der Waals surface area contributed by atoms with Gasteiger partial charge in [-0.1, -0.05) is 18.2 Å². The number of carbonyl (C=O) groups is 1. The number of benzene rings is 2. The van der Waals surface area contributed by atoms with Crippen LogP contribution in [0.2, 0.25) is 0 Å². The Morgan fingerprint density at radius 1 is 1.17 bits per heavy atom. The highest BCUT2D eigenvalue weighted by Gasteiger charge is 2.07. The first-order valence-electron chi connectivity index (χ1n) is 5.43. The maximum Gasteiger partial charge on any atom is 0.251 e. The summed E-state index contributed by atoms with van der Waals surface area (Å²) >= 11 is 0. The normalized spacial score (nSPS) is 10.1. The molecule has 0 saturated heterocycles. The number of rotatable bonds is 2. The number of aromatic hydroxyl groups is 1. The van der Waals surface area contributed by atoms with Gasteiger partial charge in [-0.15, -0.1) is 0 Å². The molecular formula is C14H12FNO2. The molecule has 0 bridgehead atoms. The van der Waals surface area contributed by atoms with Crippen molar-refractivity contribution >= 4 is 5.91 Å². The smallest absolute Gasteiger partial charge is 0.251 e. The van der Waals surface area contributed by atoms with Gasteiger partial charge in [0.05, 0.1) is 0 Å². The summed E-state index contributed by atoms with van der Waals surface area (Å²) in [6.07, 6.45) is 0. The molecule has 0 radical (unpaired) electrons. The Labute approximate surface area is 104 Å². The highest BCUT2D eigenvalue weighted by Crippen LogP contribution is 2.26. The number of amides is 1. The van der Waals surface area contributed by atoms with Crippen molar-refractivity contribution in [2.24, 2.45) is 0 Å². The van der Waals surface area contributed by atoms with Crippen molar-refractivity contribution in [1.29, 1.82) is 0 Å². The van der Waals surface area contributed by atoms with Crippen molar-refractivity contribution in [3.8, 4) is 16.9 Å². The molecule has 0 aliphatic rings. The quantitative estimate of drug-likeness (QED) is 0.854. The molecule has 0 unspecified atom stereocenters. The van der Waals surface area contributed by atoms with Gasteiger partial charge in [0.1, 0.15) is 0 Å². The number of halogens is 1. The SMILES string of the molecule is CNC(=O)c1cccc(-c2ccc(F)c(O)c2)c1. The summed E-state index contributed by atoms with van der Waals surface area (Å²) in [5, 5.41) is 11.9. The van der Waals surface area contributed by atoms with E-state index in [9.17, 15) is 14.3 Å². The Kier molecular flexibility index (Phi) is 3.28. The second-order valence-corrected chi connectivity index (χ2v) is 3.83. The molecule has 18 heavy (non-hydrogen) atoms. The summed E-state index contributed by atoms with van der Waals surface area (Å²) in [6.45, 7) is 0. The van der Waals surface area contributed by atoms with E-state index in [1.54, 1.807) is 37.4 Å². The zero-order valence-electron chi connectivity index (χ0n) is 9.77. The molecule has 2 aromatic carbocycles. The van der Waals surface area contributed by atoms with Gasteiger partial charge in [-0.25, -0.2) is 4.39 Å². The molecule has 92 valence electrons. The van der Waals surface area contributed by atoms with E-state index in [-0.39, 0.29) is 5.91 Å². The predicted molar refractivity (Wildman–Crippen MR) is 66.9 cm³/mol. The molecule has 2 aromatic rings. The lowest BCUT2D eigenvalue weighted by molar-refractivity contribution is 0.0963. The van der Waals surface area contributed by atoms with Gasteiger partial charge >= 0.3 is 0 Å². The highest BCUT2D eigenvalue weighted by molar-refractivity contribution is 5.95. The van der Waals surface area contributed by atoms with Crippen LogP contribution in [0.25, 0.3) is 11.1 Å². The zero-order valence-corrected chi connectivity index (χ0v) is 9.77. The first kappa shape index (κ1) is 12.1. The van der Waals surface area contributed by atoms with Crippen LogP contribution in [0.5, 0.6) is 5.75 Å². The van der Waals surface area contributed by atoms with Crippen LogP contribution < -0.4 is 5.32 Å². The Morgan fingerprint density at radius 3 is 2.56 bits per heavy atom. The minimum Gasteiger partial charge on any atom is -0.505 e. The van der Waals surface area contributed by atoms with Crippen LogP contribution in [0.4, 0.5) is 4.39 Å². The molecule has 0 spiro atoms. The Bertz CT molecular complexity index is 596. The van der Waals surface area contributed by atoms with E-state index >= 15 is 0 Å². The molecule has 0 aliphatic carbocycles. The van der Waals surface area contributed by atoms with Gasteiger partial charge in [0.2, 0.25) is 0 Å². The van der Waals surface area contributed by atoms with E-state index in [0.29, 0.717) is 11.1 Å². The van der Waals surface area contributed by atoms with Gasteiger partial charge in [-0.05, 0) is 35.4 Å². The van der Waals surface area contributed by atoms with Crippen LogP contribution in [0.3, 0.4) is 0 Å². The topological polar surface area (TPSA) is 49.3 Å². The molecule has 0 heterocycles. The molecule has 2 rings (SSSR count). The summed E-state index contributed by atoms with van der Waals surface area (Å²) < 4.78 is 13.0. The highest BCUT2D eigenvalue weighted by atomic mass is 19.1. The van der Waals surface area contributed by atoms with Gasteiger partial charge in [-0.3, -0.25) is 4.79 Å². The van der Waals surface area contributed by atoms with Crippen molar-refractivity contribution in [3.63, 3.8) is 0 Å². The van der Waals surface area contributed by atoms with E-state index in [1.165, 1.54) is 12.1 Å². The second kappa shape index (κ2) is 4.87. The monoisotopic (exact) mass is 245 g/mol. The third-order valence-electron chi connectivity index (χ3n) is 2.63. The maximum absolute atomic E-state index is 13.0. The van der Waals surface area contributed by atoms with Crippen LogP contribution in [0.15, 0.2) is 42.5 Å². The standard InChI is InChI=1S/C14H12FNO2/c1-16-14(18)11-4-2-3-9(7-11)10-5-6-12(15)13(17)8-10/h2-8,17H,1H3,(H,16,18). The number of phenolic OH excluding ortho intramolecular Hbond substituents is 1. The van der Waals surface area contributed by atoms with Crippen molar-refractivity contribution in [2.45, 2.75) is 0 Å². The molecular weight excluding hydrogens is 233 g/mol. The minimum absolute atomic E-state index is 0.191. The summed E-state index contributed by atoms with van der Waals surface area (Å²) in [5.41, 5.74) is 1.91. The minimum atomic E-state index is -0.666. The van der Waals surface area contributed by atoms with Gasteiger partial charge in [-0.2, -0.15) is 0 Å². The van der Waals surface area contributed by atoms with E-state index < -0.39 is 11.6 Å². The number of carbonyl (C=O) groups excluding carboxylic acids is 1. The number of phenols is 1. The summed E-state index contributed by atoms with van der Waals surface area (Å²) in [5.74, 6) is -1.26. The van der Waals surface area contributed by atoms with E-state index in [1.807, 2.05) is 0 Å². The lowest BCUT2D eigenvalue weighted by atomic mass is 10.0. The van der Waals surface area contributed by atoms with Gasteiger partial charge in [0.15, 0.2) is 11.6 Å². The first-order chi connectivity index (χ1) is 8.61. The third kappa shape index (κ3) is 2.32. The van der Waals surface area contributed by atoms with Crippen molar-refractivity contribution in [2.75, 3.05) is 7.05 Å². The van der Waals surface area contributed by atoms with Crippen LogP contribution in [0, 0.1) is 5.82 Å². The van der Waals surface area contributed by atoms with Gasteiger partial charge < -0.3 is 10.4 Å². The molecule has 1 amide bonds. The van der Waals surface area contributed by atoms with E-state index in [2.05, 4.69) is 5.32 Å². The molecule has 0 saturated carbocycles. The summed E-state index contributed by atoms with van der Waals surface area (Å²) in [6, 6.07) is 11.0. The Morgan fingerprint density at radius 2 is 1.89 bits per heavy atom. The Hall–Kier alpha value is -2.36. The molecule has 0 aliphatic heterocycles. The number of nitrogens with one attached hydrogen (secondary N) is 1. The van der Waals surface area contributed by atoms with Gasteiger partial charge in [0.25, 0.3) is 5.91 Å². The molecule has 0 aromatic heterocycles. The fraction of sp³-hybridized carbons (Fsp3) is 0.0714. The summed E-state index contributed by atoms with van der Waals surface area (Å²) in [7, 11) is 1.55. The van der Waals surface area contributed by atoms with Crippen LogP contribution in [0.1, 0.15) is 10.4 Å². The number of hydrogen-bond acceptors (Lipinski definition) is 2. The summed E-state index contributed by atoms with van der Waals surface area (Å²) in [4.78, 5) is 11.5. The van der Waals surface area contributed by atoms with Crippen LogP contribution in [-0.4, -0.2) is 18.1 Å². The van der Waals surface area contributed by atoms with Crippen molar-refractivity contribution < 1.29 is 14.3 Å². The number of hydrogen-bond donors (Lipinski definition) is 2. The Balaban J connectivity index is 2.44. The average Bonchev–Trinajstić information content (AvgIpc) is 2.41. The van der Waals surface area contributed by atoms with Crippen LogP contribution >= 0.6 is 0 Å². The molecule has 3 nitrogen and oxygen atoms in total. The fourth-order valence-electron chi connectivity index (χ4n) is 1.68. The zero-order chi connectivity index (χ0) is 13.1. The van der Waals surface area contributed by atoms with Crippen molar-refractivity contribution in [1.82, 2.24) is 5.32 Å². The van der Waals surface area contributed by atoms with E-state index in [0.717, 1.165) is 5.56 Å². The predicted octanol–water partition coefficient (Wildman–Crippen LogP) is 2.56. The largest absolute Gasteiger partial charge is 0.505 e. The van der Waals surface area contributed by atoms with Crippen LogP contribution in [-0.2, 0) is 0 Å². The fourth-order valence-corrected chi connectivity index (χ4v) is 1.68. The first-order valence-corrected chi connectivity index (χ1v) is 5.43. The van der Waals surface area contributed by atoms with Crippen molar-refractivity contribution in [3.05, 3.63) is 53.8 Å². The lowest BCUT2D eigenvalue weighted by Crippen LogP contribution is -2.17. The molecule has 0 fully saturated rings. The molecule has 2 N–H and O–H groups in total. The lowest BCUT2D eigenvalue weighted by Gasteiger charge is -2.05. The van der Waals surface area contributed by atoms with E-state index in [4.69, 9.17) is 0 Å². The molecule has 4 heteroatoms.